The van der Waals surface area contributed by atoms with Crippen molar-refractivity contribution in [2.24, 2.45) is 10.7 Å². The predicted molar refractivity (Wildman–Crippen MR) is 58.4 cm³/mol. The van der Waals surface area contributed by atoms with Crippen LogP contribution in [0, 0.1) is 0 Å². The Morgan fingerprint density at radius 2 is 2.29 bits per heavy atom. The highest BCUT2D eigenvalue weighted by molar-refractivity contribution is 5.78. The van der Waals surface area contributed by atoms with Gasteiger partial charge in [0.1, 0.15) is 0 Å². The lowest BCUT2D eigenvalue weighted by molar-refractivity contribution is 0.117. The number of hydrogen-bond donors (Lipinski definition) is 2. The van der Waals surface area contributed by atoms with Gasteiger partial charge >= 0.3 is 0 Å². The zero-order valence-electron chi connectivity index (χ0n) is 9.34. The van der Waals surface area contributed by atoms with Crippen molar-refractivity contribution in [2.45, 2.75) is 45.3 Å². The lowest BCUT2D eigenvalue weighted by Gasteiger charge is -2.21. The Labute approximate surface area is 85.9 Å². The average Bonchev–Trinajstić information content (AvgIpc) is 2.49. The van der Waals surface area contributed by atoms with E-state index < -0.39 is 0 Å². The van der Waals surface area contributed by atoms with Crippen LogP contribution in [0.3, 0.4) is 0 Å². The molecule has 1 fully saturated rings. The Kier molecular flexibility index (Phi) is 3.75. The van der Waals surface area contributed by atoms with Crippen LogP contribution in [-0.2, 0) is 4.74 Å². The number of nitrogens with one attached hydrogen (secondary N) is 1. The number of rotatable bonds is 2. The Morgan fingerprint density at radius 3 is 2.79 bits per heavy atom. The van der Waals surface area contributed by atoms with Crippen molar-refractivity contribution in [2.75, 3.05) is 13.2 Å². The van der Waals surface area contributed by atoms with Crippen LogP contribution in [0.5, 0.6) is 0 Å². The molecule has 0 aromatic heterocycles. The molecule has 82 valence electrons. The summed E-state index contributed by atoms with van der Waals surface area (Å²) in [7, 11) is 0. The molecular formula is C10H21N3O. The fraction of sp³-hybridized carbons (Fsp3) is 0.900. The molecule has 0 aromatic carbocycles. The van der Waals surface area contributed by atoms with E-state index in [-0.39, 0.29) is 11.6 Å². The van der Waals surface area contributed by atoms with Crippen LogP contribution in [0.4, 0.5) is 0 Å². The third-order valence-electron chi connectivity index (χ3n) is 1.99. The van der Waals surface area contributed by atoms with Crippen LogP contribution in [0.2, 0.25) is 0 Å². The monoisotopic (exact) mass is 199 g/mol. The van der Waals surface area contributed by atoms with E-state index in [0.29, 0.717) is 12.5 Å². The molecule has 1 atom stereocenters. The standard InChI is InChI=1S/C10H21N3O/c1-10(2,3)13-9(11)12-7-8-5-4-6-14-8/h8H,4-7H2,1-3H3,(H3,11,12,13). The van der Waals surface area contributed by atoms with E-state index >= 15 is 0 Å². The van der Waals surface area contributed by atoms with Gasteiger partial charge in [0.15, 0.2) is 5.96 Å². The highest BCUT2D eigenvalue weighted by Crippen LogP contribution is 2.11. The minimum Gasteiger partial charge on any atom is -0.376 e. The zero-order chi connectivity index (χ0) is 10.6. The molecule has 14 heavy (non-hydrogen) atoms. The second-order valence-electron chi connectivity index (χ2n) is 4.74. The van der Waals surface area contributed by atoms with Crippen molar-refractivity contribution in [1.29, 1.82) is 0 Å². The van der Waals surface area contributed by atoms with E-state index in [2.05, 4.69) is 31.1 Å². The summed E-state index contributed by atoms with van der Waals surface area (Å²) in [5.41, 5.74) is 5.70. The highest BCUT2D eigenvalue weighted by Gasteiger charge is 2.15. The van der Waals surface area contributed by atoms with Gasteiger partial charge in [0.05, 0.1) is 12.6 Å². The van der Waals surface area contributed by atoms with Crippen molar-refractivity contribution in [3.63, 3.8) is 0 Å². The molecule has 1 heterocycles. The summed E-state index contributed by atoms with van der Waals surface area (Å²) in [6.07, 6.45) is 2.52. The molecule has 0 bridgehead atoms. The highest BCUT2D eigenvalue weighted by atomic mass is 16.5. The van der Waals surface area contributed by atoms with Crippen molar-refractivity contribution < 1.29 is 4.74 Å². The first kappa shape index (κ1) is 11.3. The van der Waals surface area contributed by atoms with Gasteiger partial charge in [0, 0.05) is 12.1 Å². The van der Waals surface area contributed by atoms with Gasteiger partial charge in [-0.25, -0.2) is 0 Å². The second-order valence-corrected chi connectivity index (χ2v) is 4.74. The first-order chi connectivity index (χ1) is 6.47. The van der Waals surface area contributed by atoms with Crippen molar-refractivity contribution in [3.8, 4) is 0 Å². The third-order valence-corrected chi connectivity index (χ3v) is 1.99. The second kappa shape index (κ2) is 4.64. The van der Waals surface area contributed by atoms with Crippen molar-refractivity contribution in [3.05, 3.63) is 0 Å². The maximum atomic E-state index is 5.72. The number of nitrogens with zero attached hydrogens (tertiary/aromatic N) is 1. The van der Waals surface area contributed by atoms with Gasteiger partial charge in [-0.05, 0) is 33.6 Å². The van der Waals surface area contributed by atoms with E-state index in [9.17, 15) is 0 Å². The van der Waals surface area contributed by atoms with Gasteiger partial charge in [-0.2, -0.15) is 0 Å². The molecule has 0 aromatic rings. The normalized spacial score (nSPS) is 23.9. The summed E-state index contributed by atoms with van der Waals surface area (Å²) in [6.45, 7) is 7.71. The first-order valence-electron chi connectivity index (χ1n) is 5.17. The summed E-state index contributed by atoms with van der Waals surface area (Å²) in [4.78, 5) is 4.25. The molecule has 3 N–H and O–H groups in total. The van der Waals surface area contributed by atoms with Gasteiger partial charge in [-0.3, -0.25) is 4.99 Å². The molecular weight excluding hydrogens is 178 g/mol. The fourth-order valence-electron chi connectivity index (χ4n) is 1.41. The molecule has 1 unspecified atom stereocenters. The van der Waals surface area contributed by atoms with Crippen molar-refractivity contribution in [1.82, 2.24) is 5.32 Å². The Morgan fingerprint density at radius 1 is 1.57 bits per heavy atom. The molecule has 1 aliphatic heterocycles. The largest absolute Gasteiger partial charge is 0.376 e. The Bertz CT molecular complexity index is 202. The topological polar surface area (TPSA) is 59.6 Å². The molecule has 4 heteroatoms. The number of guanidine groups is 1. The zero-order valence-corrected chi connectivity index (χ0v) is 9.34. The van der Waals surface area contributed by atoms with Gasteiger partial charge in [0.25, 0.3) is 0 Å². The van der Waals surface area contributed by atoms with Crippen LogP contribution in [0.1, 0.15) is 33.6 Å². The van der Waals surface area contributed by atoms with Gasteiger partial charge in [-0.1, -0.05) is 0 Å². The molecule has 0 aliphatic carbocycles. The van der Waals surface area contributed by atoms with Crippen LogP contribution in [-0.4, -0.2) is 30.8 Å². The van der Waals surface area contributed by atoms with Crippen LogP contribution < -0.4 is 11.1 Å². The fourth-order valence-corrected chi connectivity index (χ4v) is 1.41. The summed E-state index contributed by atoms with van der Waals surface area (Å²) in [5, 5.41) is 3.12. The molecule has 0 spiro atoms. The molecule has 1 rings (SSSR count). The van der Waals surface area contributed by atoms with E-state index in [0.717, 1.165) is 19.4 Å². The van der Waals surface area contributed by atoms with Crippen LogP contribution in [0.25, 0.3) is 0 Å². The molecule has 0 amide bonds. The quantitative estimate of drug-likeness (QED) is 0.512. The van der Waals surface area contributed by atoms with Crippen LogP contribution >= 0.6 is 0 Å². The molecule has 1 saturated heterocycles. The molecule has 0 saturated carbocycles. The summed E-state index contributed by atoms with van der Waals surface area (Å²) < 4.78 is 5.44. The number of nitrogens with two attached hydrogens (primary N) is 1. The minimum absolute atomic E-state index is 0.0237. The van der Waals surface area contributed by atoms with Gasteiger partial charge in [-0.15, -0.1) is 0 Å². The minimum atomic E-state index is -0.0237. The molecule has 0 radical (unpaired) electrons. The summed E-state index contributed by atoms with van der Waals surface area (Å²) in [6, 6.07) is 0. The first-order valence-corrected chi connectivity index (χ1v) is 5.17. The van der Waals surface area contributed by atoms with Gasteiger partial charge < -0.3 is 15.8 Å². The maximum Gasteiger partial charge on any atom is 0.189 e. The van der Waals surface area contributed by atoms with E-state index in [1.165, 1.54) is 0 Å². The average molecular weight is 199 g/mol. The van der Waals surface area contributed by atoms with Gasteiger partial charge in [0.2, 0.25) is 0 Å². The number of hydrogen-bond acceptors (Lipinski definition) is 2. The Balaban J connectivity index is 2.28. The lowest BCUT2D eigenvalue weighted by Crippen LogP contribution is -2.45. The van der Waals surface area contributed by atoms with Crippen LogP contribution in [0.15, 0.2) is 4.99 Å². The van der Waals surface area contributed by atoms with Crippen molar-refractivity contribution >= 4 is 5.96 Å². The van der Waals surface area contributed by atoms with E-state index in [4.69, 9.17) is 10.5 Å². The number of aliphatic imine (C=N–C) groups is 1. The smallest absolute Gasteiger partial charge is 0.189 e. The number of ether oxygens (including phenoxy) is 1. The maximum absolute atomic E-state index is 5.72. The third kappa shape index (κ3) is 4.46. The van der Waals surface area contributed by atoms with E-state index in [1.807, 2.05) is 0 Å². The summed E-state index contributed by atoms with van der Waals surface area (Å²) in [5.74, 6) is 0.507. The molecule has 4 nitrogen and oxygen atoms in total. The SMILES string of the molecule is CC(C)(C)NC(N)=NCC1CCCO1. The lowest BCUT2D eigenvalue weighted by atomic mass is 10.1. The van der Waals surface area contributed by atoms with E-state index in [1.54, 1.807) is 0 Å². The predicted octanol–water partition coefficient (Wildman–Crippen LogP) is 0.868. The summed E-state index contributed by atoms with van der Waals surface area (Å²) >= 11 is 0. The Hall–Kier alpha value is -0.770. The molecule has 1 aliphatic rings.